The van der Waals surface area contributed by atoms with Crippen LogP contribution in [0.4, 0.5) is 11.4 Å². The lowest BCUT2D eigenvalue weighted by molar-refractivity contribution is 0.481. The highest BCUT2D eigenvalue weighted by atomic mass is 32.2. The minimum atomic E-state index is -1.39. The van der Waals surface area contributed by atoms with Crippen LogP contribution in [0.3, 0.4) is 0 Å². The molecule has 0 radical (unpaired) electrons. The van der Waals surface area contributed by atoms with E-state index in [1.807, 2.05) is 24.3 Å². The van der Waals surface area contributed by atoms with Gasteiger partial charge in [-0.2, -0.15) is 0 Å². The Morgan fingerprint density at radius 3 is 1.33 bits per heavy atom. The van der Waals surface area contributed by atoms with Gasteiger partial charge in [0.05, 0.1) is 10.8 Å². The quantitative estimate of drug-likeness (QED) is 0.399. The molecule has 0 fully saturated rings. The summed E-state index contributed by atoms with van der Waals surface area (Å²) in [7, 11) is -1.39. The van der Waals surface area contributed by atoms with Crippen molar-refractivity contribution in [2.24, 2.45) is 0 Å². The fourth-order valence-corrected chi connectivity index (χ4v) is 3.91. The first-order valence-electron chi connectivity index (χ1n) is 9.25. The summed E-state index contributed by atoms with van der Waals surface area (Å²) < 4.78 is 24.8. The van der Waals surface area contributed by atoms with Crippen LogP contribution in [0.1, 0.15) is 0 Å². The molecular formula is C24H20N2O3S. The Labute approximate surface area is 177 Å². The maximum absolute atomic E-state index is 13.1. The largest absolute Gasteiger partial charge is 0.457 e. The number of nitrogen functional groups attached to an aromatic ring is 2. The molecule has 0 saturated heterocycles. The van der Waals surface area contributed by atoms with Crippen LogP contribution in [0.5, 0.6) is 23.0 Å². The van der Waals surface area contributed by atoms with Gasteiger partial charge in [-0.25, -0.2) is 4.21 Å². The minimum Gasteiger partial charge on any atom is -0.457 e. The Balaban J connectivity index is 1.52. The minimum absolute atomic E-state index is 0.597. The van der Waals surface area contributed by atoms with Gasteiger partial charge in [0.1, 0.15) is 23.0 Å². The van der Waals surface area contributed by atoms with E-state index >= 15 is 0 Å². The predicted molar refractivity (Wildman–Crippen MR) is 119 cm³/mol. The van der Waals surface area contributed by atoms with E-state index in [0.29, 0.717) is 44.2 Å². The van der Waals surface area contributed by atoms with Gasteiger partial charge in [0, 0.05) is 21.2 Å². The lowest BCUT2D eigenvalue weighted by Crippen LogP contribution is -1.95. The molecule has 0 aliphatic carbocycles. The maximum atomic E-state index is 13.1. The molecule has 4 aromatic rings. The highest BCUT2D eigenvalue weighted by Crippen LogP contribution is 2.28. The molecule has 30 heavy (non-hydrogen) atoms. The van der Waals surface area contributed by atoms with E-state index in [0.717, 1.165) is 0 Å². The molecule has 4 rings (SSSR count). The van der Waals surface area contributed by atoms with Gasteiger partial charge in [-0.05, 0) is 84.9 Å². The van der Waals surface area contributed by atoms with Crippen LogP contribution < -0.4 is 20.9 Å². The van der Waals surface area contributed by atoms with Crippen LogP contribution in [0.25, 0.3) is 0 Å². The van der Waals surface area contributed by atoms with Gasteiger partial charge in [0.2, 0.25) is 0 Å². The van der Waals surface area contributed by atoms with Crippen molar-refractivity contribution >= 4 is 22.2 Å². The number of anilines is 2. The van der Waals surface area contributed by atoms with Crippen molar-refractivity contribution in [3.8, 4) is 23.0 Å². The third-order valence-corrected chi connectivity index (χ3v) is 5.63. The van der Waals surface area contributed by atoms with Gasteiger partial charge in [-0.1, -0.05) is 12.1 Å². The van der Waals surface area contributed by atoms with E-state index in [-0.39, 0.29) is 0 Å². The number of nitrogens with two attached hydrogens (primary N) is 2. The van der Waals surface area contributed by atoms with Gasteiger partial charge >= 0.3 is 0 Å². The van der Waals surface area contributed by atoms with Gasteiger partial charge in [0.15, 0.2) is 0 Å². The molecule has 0 amide bonds. The second-order valence-electron chi connectivity index (χ2n) is 6.56. The summed E-state index contributed by atoms with van der Waals surface area (Å²) in [5.41, 5.74) is 12.7. The molecule has 6 heteroatoms. The third kappa shape index (κ3) is 4.79. The van der Waals surface area contributed by atoms with Gasteiger partial charge in [0.25, 0.3) is 0 Å². The molecule has 0 aliphatic heterocycles. The number of ether oxygens (including phenoxy) is 2. The van der Waals surface area contributed by atoms with Crippen LogP contribution >= 0.6 is 0 Å². The van der Waals surface area contributed by atoms with E-state index in [4.69, 9.17) is 20.9 Å². The summed E-state index contributed by atoms with van der Waals surface area (Å²) in [4.78, 5) is 1.26. The van der Waals surface area contributed by atoms with Crippen molar-refractivity contribution in [1.29, 1.82) is 0 Å². The van der Waals surface area contributed by atoms with E-state index in [9.17, 15) is 4.21 Å². The average molecular weight is 417 g/mol. The van der Waals surface area contributed by atoms with Gasteiger partial charge in [-0.15, -0.1) is 0 Å². The molecule has 0 bridgehead atoms. The number of rotatable bonds is 6. The number of benzene rings is 4. The molecular weight excluding hydrogens is 396 g/mol. The van der Waals surface area contributed by atoms with Crippen LogP contribution in [0.15, 0.2) is 107 Å². The van der Waals surface area contributed by atoms with Crippen LogP contribution in [0, 0.1) is 0 Å². The summed E-state index contributed by atoms with van der Waals surface area (Å²) in [6, 6.07) is 28.6. The lowest BCUT2D eigenvalue weighted by atomic mass is 10.3. The predicted octanol–water partition coefficient (Wildman–Crippen LogP) is 5.60. The van der Waals surface area contributed by atoms with Crippen molar-refractivity contribution < 1.29 is 13.7 Å². The fourth-order valence-electron chi connectivity index (χ4n) is 2.79. The second-order valence-corrected chi connectivity index (χ2v) is 8.04. The standard InChI is InChI=1S/C24H20N2O3S/c25-17-7-11-19(12-8-17)28-21-3-1-5-23(15-21)30(27)24-6-2-4-22(16-24)29-20-13-9-18(26)10-14-20/h1-16H,25-26H2. The highest BCUT2D eigenvalue weighted by molar-refractivity contribution is 7.85. The van der Waals surface area contributed by atoms with Crippen LogP contribution in [-0.4, -0.2) is 4.21 Å². The summed E-state index contributed by atoms with van der Waals surface area (Å²) in [6.45, 7) is 0. The molecule has 150 valence electrons. The molecule has 0 atom stereocenters. The summed E-state index contributed by atoms with van der Waals surface area (Å²) >= 11 is 0. The van der Waals surface area contributed by atoms with E-state index in [1.54, 1.807) is 72.8 Å². The molecule has 0 unspecified atom stereocenters. The Hall–Kier alpha value is -3.77. The van der Waals surface area contributed by atoms with E-state index in [1.165, 1.54) is 0 Å². The monoisotopic (exact) mass is 416 g/mol. The van der Waals surface area contributed by atoms with Crippen molar-refractivity contribution in [3.63, 3.8) is 0 Å². The fraction of sp³-hybridized carbons (Fsp3) is 0. The Morgan fingerprint density at radius 2 is 0.933 bits per heavy atom. The van der Waals surface area contributed by atoms with Gasteiger partial charge in [-0.3, -0.25) is 0 Å². The molecule has 4 aromatic carbocycles. The van der Waals surface area contributed by atoms with E-state index in [2.05, 4.69) is 0 Å². The molecule has 0 aromatic heterocycles. The Bertz CT molecular complexity index is 1080. The summed E-state index contributed by atoms with van der Waals surface area (Å²) in [6.07, 6.45) is 0. The molecule has 4 N–H and O–H groups in total. The zero-order valence-electron chi connectivity index (χ0n) is 16.0. The van der Waals surface area contributed by atoms with E-state index < -0.39 is 10.8 Å². The Morgan fingerprint density at radius 1 is 0.533 bits per heavy atom. The average Bonchev–Trinajstić information content (AvgIpc) is 2.77. The summed E-state index contributed by atoms with van der Waals surface area (Å²) in [5, 5.41) is 0. The normalized spacial score (nSPS) is 10.7. The smallest absolute Gasteiger partial charge is 0.128 e. The number of hydrogen-bond donors (Lipinski definition) is 2. The zero-order chi connectivity index (χ0) is 20.9. The highest BCUT2D eigenvalue weighted by Gasteiger charge is 2.10. The van der Waals surface area contributed by atoms with Crippen LogP contribution in [-0.2, 0) is 10.8 Å². The molecule has 5 nitrogen and oxygen atoms in total. The van der Waals surface area contributed by atoms with Crippen molar-refractivity contribution in [2.45, 2.75) is 9.79 Å². The first-order chi connectivity index (χ1) is 14.6. The third-order valence-electron chi connectivity index (χ3n) is 4.27. The first-order valence-corrected chi connectivity index (χ1v) is 10.4. The van der Waals surface area contributed by atoms with Gasteiger partial charge < -0.3 is 20.9 Å². The zero-order valence-corrected chi connectivity index (χ0v) is 16.8. The maximum Gasteiger partial charge on any atom is 0.128 e. The topological polar surface area (TPSA) is 87.6 Å². The molecule has 0 spiro atoms. The van der Waals surface area contributed by atoms with Crippen molar-refractivity contribution in [3.05, 3.63) is 97.1 Å². The summed E-state index contributed by atoms with van der Waals surface area (Å²) in [5.74, 6) is 2.51. The van der Waals surface area contributed by atoms with Crippen molar-refractivity contribution in [2.75, 3.05) is 11.5 Å². The molecule has 0 heterocycles. The SMILES string of the molecule is Nc1ccc(Oc2cccc(S(=O)c3cccc(Oc4ccc(N)cc4)c3)c2)cc1. The molecule has 0 saturated carbocycles. The van der Waals surface area contributed by atoms with Crippen LogP contribution in [0.2, 0.25) is 0 Å². The first kappa shape index (κ1) is 19.5. The number of hydrogen-bond acceptors (Lipinski definition) is 5. The lowest BCUT2D eigenvalue weighted by Gasteiger charge is -2.10. The van der Waals surface area contributed by atoms with Crippen molar-refractivity contribution in [1.82, 2.24) is 0 Å². The Kier molecular flexibility index (Phi) is 5.68. The molecule has 0 aliphatic rings. The second kappa shape index (κ2) is 8.71.